The maximum atomic E-state index is 11.4. The van der Waals surface area contributed by atoms with Crippen LogP contribution in [0.2, 0.25) is 0 Å². The predicted molar refractivity (Wildman–Crippen MR) is 76.6 cm³/mol. The summed E-state index contributed by atoms with van der Waals surface area (Å²) in [6.45, 7) is 1.41. The standard InChI is InChI=1S/C14H14N4O2/c1-7(19)9-3-4-10-12(13(9)20)17-14(16-10)11-5-8(15)6-18(11)2/h3-6,20H,15H2,1-2H3,(H,16,17). The molecule has 102 valence electrons. The topological polar surface area (TPSA) is 96.9 Å². The van der Waals surface area contributed by atoms with Gasteiger partial charge in [-0.05, 0) is 25.1 Å². The minimum absolute atomic E-state index is 0.0975. The normalized spacial score (nSPS) is 11.1. The summed E-state index contributed by atoms with van der Waals surface area (Å²) in [5.41, 5.74) is 8.51. The number of aromatic nitrogens is 3. The van der Waals surface area contributed by atoms with Crippen molar-refractivity contribution in [2.24, 2.45) is 7.05 Å². The number of hydrogen-bond donors (Lipinski definition) is 3. The predicted octanol–water partition coefficient (Wildman–Crippen LogP) is 2.06. The Morgan fingerprint density at radius 1 is 1.45 bits per heavy atom. The summed E-state index contributed by atoms with van der Waals surface area (Å²) in [5.74, 6) is 0.298. The molecule has 20 heavy (non-hydrogen) atoms. The Morgan fingerprint density at radius 3 is 2.80 bits per heavy atom. The second-order valence-corrected chi connectivity index (χ2v) is 4.77. The Bertz CT molecular complexity index is 829. The molecular formula is C14H14N4O2. The Balaban J connectivity index is 2.23. The van der Waals surface area contributed by atoms with Gasteiger partial charge in [-0.2, -0.15) is 0 Å². The fourth-order valence-electron chi connectivity index (χ4n) is 2.29. The summed E-state index contributed by atoms with van der Waals surface area (Å²) in [4.78, 5) is 18.9. The second kappa shape index (κ2) is 4.12. The number of nitrogen functional groups attached to an aromatic ring is 1. The number of anilines is 1. The summed E-state index contributed by atoms with van der Waals surface area (Å²) < 4.78 is 1.84. The van der Waals surface area contributed by atoms with E-state index in [1.54, 1.807) is 24.4 Å². The number of benzene rings is 1. The molecule has 4 N–H and O–H groups in total. The van der Waals surface area contributed by atoms with E-state index in [2.05, 4.69) is 9.97 Å². The number of rotatable bonds is 2. The summed E-state index contributed by atoms with van der Waals surface area (Å²) in [5, 5.41) is 10.1. The first-order valence-corrected chi connectivity index (χ1v) is 6.12. The number of hydrogen-bond acceptors (Lipinski definition) is 4. The average molecular weight is 270 g/mol. The highest BCUT2D eigenvalue weighted by Crippen LogP contribution is 2.30. The van der Waals surface area contributed by atoms with E-state index in [-0.39, 0.29) is 17.1 Å². The molecule has 3 aromatic rings. The van der Waals surface area contributed by atoms with Crippen molar-refractivity contribution in [2.75, 3.05) is 5.73 Å². The van der Waals surface area contributed by atoms with E-state index >= 15 is 0 Å². The molecule has 0 fully saturated rings. The van der Waals surface area contributed by atoms with Crippen LogP contribution in [0.4, 0.5) is 5.69 Å². The zero-order valence-electron chi connectivity index (χ0n) is 11.1. The lowest BCUT2D eigenvalue weighted by molar-refractivity contribution is 0.101. The van der Waals surface area contributed by atoms with Gasteiger partial charge in [-0.15, -0.1) is 0 Å². The molecule has 0 spiro atoms. The van der Waals surface area contributed by atoms with Crippen LogP contribution >= 0.6 is 0 Å². The molecule has 0 radical (unpaired) electrons. The molecule has 3 rings (SSSR count). The third-order valence-electron chi connectivity index (χ3n) is 3.28. The van der Waals surface area contributed by atoms with Crippen LogP contribution in [0.5, 0.6) is 5.75 Å². The molecule has 6 heteroatoms. The molecular weight excluding hydrogens is 256 g/mol. The number of phenolic OH excluding ortho intramolecular Hbond substituents is 1. The average Bonchev–Trinajstić information content (AvgIpc) is 2.92. The molecule has 0 saturated carbocycles. The van der Waals surface area contributed by atoms with E-state index in [0.29, 0.717) is 22.5 Å². The van der Waals surface area contributed by atoms with Crippen molar-refractivity contribution in [3.05, 3.63) is 30.0 Å². The highest BCUT2D eigenvalue weighted by molar-refractivity contribution is 6.02. The van der Waals surface area contributed by atoms with E-state index < -0.39 is 0 Å². The Kier molecular flexibility index (Phi) is 2.53. The van der Waals surface area contributed by atoms with Crippen molar-refractivity contribution in [3.8, 4) is 17.3 Å². The number of nitrogens with two attached hydrogens (primary N) is 1. The number of phenols is 1. The van der Waals surface area contributed by atoms with Crippen molar-refractivity contribution in [1.29, 1.82) is 0 Å². The molecule has 0 aliphatic carbocycles. The zero-order chi connectivity index (χ0) is 14.4. The summed E-state index contributed by atoms with van der Waals surface area (Å²) in [6, 6.07) is 5.11. The Morgan fingerprint density at radius 2 is 2.20 bits per heavy atom. The fraction of sp³-hybridized carbons (Fsp3) is 0.143. The van der Waals surface area contributed by atoms with E-state index in [1.165, 1.54) is 6.92 Å². The van der Waals surface area contributed by atoms with Crippen LogP contribution in [0, 0.1) is 0 Å². The number of imidazole rings is 1. The SMILES string of the molecule is CC(=O)c1ccc2[nH]c(-c3cc(N)cn3C)nc2c1O. The van der Waals surface area contributed by atoms with Crippen molar-refractivity contribution >= 4 is 22.5 Å². The molecule has 0 bridgehead atoms. The first-order chi connectivity index (χ1) is 9.47. The quantitative estimate of drug-likeness (QED) is 0.621. The molecule has 0 aliphatic heterocycles. The number of carbonyl (C=O) groups excluding carboxylic acids is 1. The maximum Gasteiger partial charge on any atom is 0.163 e. The van der Waals surface area contributed by atoms with E-state index in [0.717, 1.165) is 5.69 Å². The van der Waals surface area contributed by atoms with Gasteiger partial charge >= 0.3 is 0 Å². The number of nitrogens with zero attached hydrogens (tertiary/aromatic N) is 2. The monoisotopic (exact) mass is 270 g/mol. The lowest BCUT2D eigenvalue weighted by Gasteiger charge is -1.99. The number of nitrogens with one attached hydrogen (secondary N) is 1. The molecule has 2 aromatic heterocycles. The summed E-state index contributed by atoms with van der Waals surface area (Å²) >= 11 is 0. The van der Waals surface area contributed by atoms with Gasteiger partial charge in [0.2, 0.25) is 0 Å². The molecule has 6 nitrogen and oxygen atoms in total. The van der Waals surface area contributed by atoms with Gasteiger partial charge < -0.3 is 20.4 Å². The Hall–Kier alpha value is -2.76. The van der Waals surface area contributed by atoms with E-state index in [4.69, 9.17) is 5.73 Å². The number of carbonyl (C=O) groups is 1. The minimum Gasteiger partial charge on any atom is -0.505 e. The van der Waals surface area contributed by atoms with Crippen LogP contribution < -0.4 is 5.73 Å². The number of aryl methyl sites for hydroxylation is 1. The summed E-state index contributed by atoms with van der Waals surface area (Å²) in [6.07, 6.45) is 1.78. The molecule has 0 unspecified atom stereocenters. The third kappa shape index (κ3) is 1.73. The lowest BCUT2D eigenvalue weighted by Crippen LogP contribution is -1.92. The fourth-order valence-corrected chi connectivity index (χ4v) is 2.29. The van der Waals surface area contributed by atoms with Gasteiger partial charge in [-0.25, -0.2) is 4.98 Å². The molecule has 1 aromatic carbocycles. The van der Waals surface area contributed by atoms with Crippen molar-refractivity contribution in [3.63, 3.8) is 0 Å². The van der Waals surface area contributed by atoms with E-state index in [1.807, 2.05) is 11.6 Å². The van der Waals surface area contributed by atoms with Gasteiger partial charge in [0.1, 0.15) is 5.52 Å². The van der Waals surface area contributed by atoms with Crippen LogP contribution in [0.15, 0.2) is 24.4 Å². The number of aromatic hydroxyl groups is 1. The van der Waals surface area contributed by atoms with Gasteiger partial charge in [0.15, 0.2) is 17.4 Å². The number of fused-ring (bicyclic) bond motifs is 1. The van der Waals surface area contributed by atoms with Gasteiger partial charge in [0.05, 0.1) is 22.5 Å². The second-order valence-electron chi connectivity index (χ2n) is 4.77. The van der Waals surface area contributed by atoms with Crippen LogP contribution in [-0.4, -0.2) is 25.4 Å². The highest BCUT2D eigenvalue weighted by atomic mass is 16.3. The molecule has 0 amide bonds. The number of Topliss-reactive ketones (excluding diaryl/α,β-unsaturated/α-hetero) is 1. The molecule has 0 saturated heterocycles. The summed E-state index contributed by atoms with van der Waals surface area (Å²) in [7, 11) is 1.86. The van der Waals surface area contributed by atoms with Crippen LogP contribution in [0.1, 0.15) is 17.3 Å². The lowest BCUT2D eigenvalue weighted by atomic mass is 10.1. The van der Waals surface area contributed by atoms with Crippen molar-refractivity contribution in [1.82, 2.24) is 14.5 Å². The van der Waals surface area contributed by atoms with Crippen LogP contribution in [-0.2, 0) is 7.05 Å². The third-order valence-corrected chi connectivity index (χ3v) is 3.28. The number of aromatic amines is 1. The highest BCUT2D eigenvalue weighted by Gasteiger charge is 2.15. The first kappa shape index (κ1) is 12.3. The largest absolute Gasteiger partial charge is 0.505 e. The van der Waals surface area contributed by atoms with Gasteiger partial charge in [-0.3, -0.25) is 4.79 Å². The Labute approximate surface area is 114 Å². The number of ketones is 1. The van der Waals surface area contributed by atoms with Gasteiger partial charge in [0.25, 0.3) is 0 Å². The molecule has 0 atom stereocenters. The van der Waals surface area contributed by atoms with Crippen molar-refractivity contribution in [2.45, 2.75) is 6.92 Å². The van der Waals surface area contributed by atoms with Gasteiger partial charge in [0, 0.05) is 13.2 Å². The molecule has 2 heterocycles. The van der Waals surface area contributed by atoms with Crippen LogP contribution in [0.3, 0.4) is 0 Å². The zero-order valence-corrected chi connectivity index (χ0v) is 11.1. The van der Waals surface area contributed by atoms with E-state index in [9.17, 15) is 9.90 Å². The minimum atomic E-state index is -0.197. The van der Waals surface area contributed by atoms with Crippen LogP contribution in [0.25, 0.3) is 22.6 Å². The maximum absolute atomic E-state index is 11.4. The molecule has 0 aliphatic rings. The smallest absolute Gasteiger partial charge is 0.163 e. The van der Waals surface area contributed by atoms with Crippen molar-refractivity contribution < 1.29 is 9.90 Å². The van der Waals surface area contributed by atoms with Gasteiger partial charge in [-0.1, -0.05) is 0 Å². The number of H-pyrrole nitrogens is 1. The first-order valence-electron chi connectivity index (χ1n) is 6.12.